The number of aldehydes is 1. The number of hydrogen-bond donors (Lipinski definition) is 3. The second-order valence-electron chi connectivity index (χ2n) is 21.0. The van der Waals surface area contributed by atoms with Gasteiger partial charge in [0.2, 0.25) is 5.79 Å². The van der Waals surface area contributed by atoms with Crippen LogP contribution in [0.25, 0.3) is 0 Å². The number of esters is 1. The molecule has 0 aromatic heterocycles. The fourth-order valence-corrected chi connectivity index (χ4v) is 12.4. The van der Waals surface area contributed by atoms with Gasteiger partial charge in [-0.1, -0.05) is 37.6 Å². The van der Waals surface area contributed by atoms with E-state index in [0.717, 1.165) is 24.7 Å². The van der Waals surface area contributed by atoms with Gasteiger partial charge in [0.15, 0.2) is 23.6 Å². The van der Waals surface area contributed by atoms with E-state index < -0.39 is 107 Å². The molecule has 0 aromatic carbocycles. The fourth-order valence-electron chi connectivity index (χ4n) is 12.4. The Morgan fingerprint density at radius 1 is 0.806 bits per heavy atom. The molecule has 62 heavy (non-hydrogen) atoms. The minimum Gasteiger partial charge on any atom is -0.459 e. The largest absolute Gasteiger partial charge is 0.459 e. The van der Waals surface area contributed by atoms with E-state index in [1.54, 1.807) is 13.8 Å². The van der Waals surface area contributed by atoms with E-state index in [0.29, 0.717) is 57.8 Å². The number of aliphatic hydroxyl groups excluding tert-OH is 2. The second-order valence-corrected chi connectivity index (χ2v) is 21.0. The monoisotopic (exact) mass is 872 g/mol. The van der Waals surface area contributed by atoms with Crippen LogP contribution in [0.2, 0.25) is 0 Å². The lowest BCUT2D eigenvalue weighted by Gasteiger charge is -2.46. The number of ketones is 1. The normalized spacial score (nSPS) is 54.9. The highest BCUT2D eigenvalue weighted by atomic mass is 16.8. The summed E-state index contributed by atoms with van der Waals surface area (Å²) in [5.74, 6) is -5.79. The highest BCUT2D eigenvalue weighted by Crippen LogP contribution is 2.55. The molecule has 8 fully saturated rings. The number of carbonyl (C=O) groups is 3. The Morgan fingerprint density at radius 3 is 2.39 bits per heavy atom. The van der Waals surface area contributed by atoms with Gasteiger partial charge in [-0.2, -0.15) is 0 Å². The summed E-state index contributed by atoms with van der Waals surface area (Å²) in [6.07, 6.45) is 4.86. The lowest BCUT2D eigenvalue weighted by atomic mass is 9.87. The molecule has 0 radical (unpaired) electrons. The van der Waals surface area contributed by atoms with Crippen LogP contribution >= 0.6 is 0 Å². The van der Waals surface area contributed by atoms with Crippen LogP contribution in [-0.2, 0) is 57.0 Å². The molecule has 9 rings (SSSR count). The number of Topliss-reactive ketones (excluding diaryl/α,β-unsaturated/α-hetero) is 1. The van der Waals surface area contributed by atoms with Crippen molar-refractivity contribution in [3.05, 3.63) is 23.8 Å². The minimum atomic E-state index is -1.97. The number of carbonyl (C=O) groups excluding carboxylic acids is 3. The molecule has 0 aliphatic carbocycles. The Kier molecular flexibility index (Phi) is 11.9. The van der Waals surface area contributed by atoms with Crippen LogP contribution in [0, 0.1) is 17.8 Å². The molecule has 9 aliphatic rings. The summed E-state index contributed by atoms with van der Waals surface area (Å²) in [5.41, 5.74) is -2.03. The molecule has 8 saturated heterocycles. The third-order valence-corrected chi connectivity index (χ3v) is 15.9. The van der Waals surface area contributed by atoms with E-state index in [9.17, 15) is 29.7 Å². The van der Waals surface area contributed by atoms with Crippen molar-refractivity contribution in [2.75, 3.05) is 6.61 Å². The number of aliphatic hydroxyl groups is 3. The van der Waals surface area contributed by atoms with Crippen LogP contribution in [0.1, 0.15) is 131 Å². The fraction of sp³-hybridized carbons (Fsp3) is 0.851. The number of ether oxygens (including phenoxy) is 9. The maximum absolute atomic E-state index is 14.1. The van der Waals surface area contributed by atoms with Crippen molar-refractivity contribution in [3.8, 4) is 0 Å². The standard InChI is InChI=1S/C47H68O15/c1-26-9-10-32-34(21-37(55-32)47(53)39(50)28(3)13-19-54-47)56-41(52)29(4)31-8-7-14-45(57-31)16-11-33(58-45)40(51)43(6)23-30(49)38(61-43)35-24-44(25-48)17-18-46(59-35,62-44)36-12-15-42(5,60-36)22-27(2)20-26/h9-10,20,25,27-29,31-40,50-51,53H,7-8,11-19,21-24H2,1-6H3/b10-9+,26-20+/t27-,28+,29+,31-,32+,33-,34?,35+,36+,37-,38-,39+,40-,42+,43+,44+,45?,46?,47+/m0/s1. The van der Waals surface area contributed by atoms with Gasteiger partial charge in [0, 0.05) is 38.5 Å². The summed E-state index contributed by atoms with van der Waals surface area (Å²) < 4.78 is 58.5. The zero-order chi connectivity index (χ0) is 44.0. The topological polar surface area (TPSA) is 195 Å². The molecular formula is C47H68O15. The van der Waals surface area contributed by atoms with Crippen LogP contribution in [0.15, 0.2) is 23.8 Å². The molecule has 15 nitrogen and oxygen atoms in total. The van der Waals surface area contributed by atoms with Crippen molar-refractivity contribution >= 4 is 18.0 Å². The first-order valence-electron chi connectivity index (χ1n) is 23.3. The molecule has 19 atom stereocenters. The average molecular weight is 873 g/mol. The van der Waals surface area contributed by atoms with Crippen LogP contribution in [-0.4, -0.2) is 135 Å². The minimum absolute atomic E-state index is 0.0637. The highest BCUT2D eigenvalue weighted by molar-refractivity contribution is 5.87. The van der Waals surface area contributed by atoms with Crippen LogP contribution in [0.4, 0.5) is 0 Å². The van der Waals surface area contributed by atoms with Gasteiger partial charge in [-0.05, 0) is 90.9 Å². The van der Waals surface area contributed by atoms with E-state index in [-0.39, 0.29) is 43.5 Å². The molecule has 346 valence electrons. The number of allylic oxidation sites excluding steroid dienone is 3. The first-order valence-corrected chi connectivity index (χ1v) is 23.3. The average Bonchev–Trinajstić information content (AvgIpc) is 4.06. The molecule has 3 N–H and O–H groups in total. The molecule has 0 saturated carbocycles. The molecule has 3 unspecified atom stereocenters. The van der Waals surface area contributed by atoms with Gasteiger partial charge < -0.3 is 62.7 Å². The van der Waals surface area contributed by atoms with Gasteiger partial charge >= 0.3 is 5.97 Å². The van der Waals surface area contributed by atoms with Gasteiger partial charge in [-0.3, -0.25) is 9.59 Å². The smallest absolute Gasteiger partial charge is 0.311 e. The summed E-state index contributed by atoms with van der Waals surface area (Å²) in [6, 6.07) is 0. The summed E-state index contributed by atoms with van der Waals surface area (Å²) in [4.78, 5) is 40.7. The van der Waals surface area contributed by atoms with Crippen molar-refractivity contribution in [2.45, 2.75) is 227 Å². The quantitative estimate of drug-likeness (QED) is 0.260. The number of fused-ring (bicyclic) bond motifs is 10. The third kappa shape index (κ3) is 8.00. The van der Waals surface area contributed by atoms with Crippen molar-refractivity contribution in [1.29, 1.82) is 0 Å². The van der Waals surface area contributed by atoms with Crippen LogP contribution in [0.3, 0.4) is 0 Å². The van der Waals surface area contributed by atoms with Gasteiger partial charge in [-0.25, -0.2) is 0 Å². The second kappa shape index (κ2) is 16.3. The molecular weight excluding hydrogens is 805 g/mol. The zero-order valence-corrected chi connectivity index (χ0v) is 37.2. The summed E-state index contributed by atoms with van der Waals surface area (Å²) in [7, 11) is 0. The number of hydrogen-bond acceptors (Lipinski definition) is 15. The van der Waals surface area contributed by atoms with Gasteiger partial charge in [0.25, 0.3) is 0 Å². The van der Waals surface area contributed by atoms with E-state index in [1.165, 1.54) is 0 Å². The Bertz CT molecular complexity index is 1800. The number of rotatable bonds is 2. The SMILES string of the molecule is CC1=C\[C@H](C)C[C@@]2(C)CC[C@@H](O2)C23CC[C@](C=O)(C[C@@H](O2)[C@H]2O[C@](C)(CC2=O)[C@@H](O)[C@@H]2CCC4(CCC[C@H](O4)[C@@H](C)C(=O)OC4C[C@@H]([C@@]5(O)OCC[C@@H](C)[C@H]5O)O[C@@H]4\C=C\1)O2)O3. The molecule has 15 heteroatoms. The first-order chi connectivity index (χ1) is 29.3. The van der Waals surface area contributed by atoms with Crippen molar-refractivity contribution in [2.24, 2.45) is 17.8 Å². The van der Waals surface area contributed by atoms with E-state index in [2.05, 4.69) is 19.9 Å². The Labute approximate surface area is 364 Å². The lowest BCUT2D eigenvalue weighted by Crippen LogP contribution is -2.59. The molecule has 9 aliphatic heterocycles. The van der Waals surface area contributed by atoms with Gasteiger partial charge in [0.1, 0.15) is 53.9 Å². The zero-order valence-electron chi connectivity index (χ0n) is 37.2. The molecule has 0 aromatic rings. The molecule has 0 amide bonds. The Balaban J connectivity index is 1.01. The molecule has 10 bridgehead atoms. The Hall–Kier alpha value is -2.15. The van der Waals surface area contributed by atoms with Gasteiger partial charge in [0.05, 0.1) is 36.4 Å². The highest BCUT2D eigenvalue weighted by Gasteiger charge is 2.66. The van der Waals surface area contributed by atoms with Crippen LogP contribution < -0.4 is 0 Å². The van der Waals surface area contributed by atoms with Crippen molar-refractivity contribution in [1.82, 2.24) is 0 Å². The van der Waals surface area contributed by atoms with E-state index in [4.69, 9.17) is 42.6 Å². The molecule has 9 heterocycles. The third-order valence-electron chi connectivity index (χ3n) is 15.9. The summed E-state index contributed by atoms with van der Waals surface area (Å²) in [6.45, 7) is 11.8. The molecule has 2 spiro atoms. The Morgan fingerprint density at radius 2 is 1.60 bits per heavy atom. The van der Waals surface area contributed by atoms with Crippen LogP contribution in [0.5, 0.6) is 0 Å². The van der Waals surface area contributed by atoms with Gasteiger partial charge in [-0.15, -0.1) is 0 Å². The first kappa shape index (κ1) is 45.0. The lowest BCUT2D eigenvalue weighted by molar-refractivity contribution is -0.354. The van der Waals surface area contributed by atoms with Crippen molar-refractivity contribution in [3.63, 3.8) is 0 Å². The maximum Gasteiger partial charge on any atom is 0.311 e. The van der Waals surface area contributed by atoms with Crippen molar-refractivity contribution < 1.29 is 72.3 Å². The maximum atomic E-state index is 14.1. The predicted molar refractivity (Wildman–Crippen MR) is 218 cm³/mol. The van der Waals surface area contributed by atoms with E-state index in [1.807, 2.05) is 26.0 Å². The summed E-state index contributed by atoms with van der Waals surface area (Å²) >= 11 is 0. The summed E-state index contributed by atoms with van der Waals surface area (Å²) in [5, 5.41) is 34.8. The predicted octanol–water partition coefficient (Wildman–Crippen LogP) is 4.43. The van der Waals surface area contributed by atoms with E-state index >= 15 is 0 Å².